The molecule has 1 fully saturated rings. The number of ether oxygens (including phenoxy) is 1. The number of likely N-dealkylation sites (N-methyl/N-ethyl adjacent to an activating group) is 1. The van der Waals surface area contributed by atoms with Crippen LogP contribution in [0.1, 0.15) is 26.6 Å². The summed E-state index contributed by atoms with van der Waals surface area (Å²) < 4.78 is 4.98. The molecule has 0 saturated carbocycles. The molecule has 1 aromatic carbocycles. The van der Waals surface area contributed by atoms with E-state index in [9.17, 15) is 4.79 Å². The van der Waals surface area contributed by atoms with Crippen LogP contribution in [0.3, 0.4) is 0 Å². The second-order valence-corrected chi connectivity index (χ2v) is 6.64. The molecule has 1 aliphatic heterocycles. The first-order valence-electron chi connectivity index (χ1n) is 8.59. The number of benzene rings is 1. The van der Waals surface area contributed by atoms with E-state index >= 15 is 0 Å². The maximum absolute atomic E-state index is 11.6. The van der Waals surface area contributed by atoms with Crippen LogP contribution in [-0.4, -0.2) is 59.7 Å². The second-order valence-electron chi connectivity index (χ2n) is 6.64. The van der Waals surface area contributed by atoms with Crippen LogP contribution in [0.4, 0.5) is 5.69 Å². The number of aromatic nitrogens is 2. The fourth-order valence-corrected chi connectivity index (χ4v) is 3.29. The number of aromatic amines is 1. The molecule has 1 aliphatic rings. The Bertz CT molecular complexity index is 715. The molecule has 2 heterocycles. The lowest BCUT2D eigenvalue weighted by molar-refractivity contribution is -0.142. The van der Waals surface area contributed by atoms with Crippen molar-refractivity contribution in [2.75, 3.05) is 31.6 Å². The number of imidazole rings is 1. The molecule has 6 nitrogen and oxygen atoms in total. The zero-order valence-electron chi connectivity index (χ0n) is 14.9. The quantitative estimate of drug-likeness (QED) is 0.871. The van der Waals surface area contributed by atoms with Crippen molar-refractivity contribution in [3.05, 3.63) is 24.0 Å². The Morgan fingerprint density at radius 1 is 1.33 bits per heavy atom. The number of rotatable bonds is 4. The standard InChI is InChI=1S/C18H26N4O2/c1-5-24-18(23)9-17-19-15-7-6-14(8-16(15)20-17)22-10-12(2)21(4)13(3)11-22/h6-8,12-13H,5,9-11H2,1-4H3,(H,19,20)/t12-,13+. The number of hydrogen-bond donors (Lipinski definition) is 1. The highest BCUT2D eigenvalue weighted by Gasteiger charge is 2.26. The summed E-state index contributed by atoms with van der Waals surface area (Å²) in [6.07, 6.45) is 0.181. The number of carbonyl (C=O) groups excluding carboxylic acids is 1. The molecule has 0 radical (unpaired) electrons. The van der Waals surface area contributed by atoms with E-state index in [2.05, 4.69) is 52.8 Å². The fraction of sp³-hybridized carbons (Fsp3) is 0.556. The van der Waals surface area contributed by atoms with Crippen LogP contribution in [-0.2, 0) is 16.0 Å². The van der Waals surface area contributed by atoms with Crippen LogP contribution in [0.15, 0.2) is 18.2 Å². The van der Waals surface area contributed by atoms with E-state index in [1.54, 1.807) is 6.92 Å². The molecule has 0 amide bonds. The molecule has 1 N–H and O–H groups in total. The summed E-state index contributed by atoms with van der Waals surface area (Å²) >= 11 is 0. The van der Waals surface area contributed by atoms with Crippen LogP contribution in [0.2, 0.25) is 0 Å². The average Bonchev–Trinajstić information content (AvgIpc) is 2.93. The molecular weight excluding hydrogens is 304 g/mol. The molecule has 24 heavy (non-hydrogen) atoms. The molecule has 0 aliphatic carbocycles. The lowest BCUT2D eigenvalue weighted by Gasteiger charge is -2.43. The van der Waals surface area contributed by atoms with Gasteiger partial charge in [-0.3, -0.25) is 9.69 Å². The summed E-state index contributed by atoms with van der Waals surface area (Å²) in [5.74, 6) is 0.402. The molecule has 0 unspecified atom stereocenters. The van der Waals surface area contributed by atoms with Gasteiger partial charge in [-0.15, -0.1) is 0 Å². The summed E-state index contributed by atoms with van der Waals surface area (Å²) in [5.41, 5.74) is 3.04. The number of esters is 1. The molecule has 3 rings (SSSR count). The van der Waals surface area contributed by atoms with Gasteiger partial charge in [0.1, 0.15) is 12.2 Å². The molecule has 6 heteroatoms. The smallest absolute Gasteiger partial charge is 0.313 e. The highest BCUT2D eigenvalue weighted by Crippen LogP contribution is 2.25. The van der Waals surface area contributed by atoms with Gasteiger partial charge in [0.15, 0.2) is 0 Å². The van der Waals surface area contributed by atoms with Crippen molar-refractivity contribution >= 4 is 22.7 Å². The van der Waals surface area contributed by atoms with Crippen LogP contribution in [0.5, 0.6) is 0 Å². The second kappa shape index (κ2) is 6.81. The van der Waals surface area contributed by atoms with Crippen LogP contribution in [0.25, 0.3) is 11.0 Å². The van der Waals surface area contributed by atoms with Gasteiger partial charge in [0.05, 0.1) is 17.6 Å². The van der Waals surface area contributed by atoms with Gasteiger partial charge >= 0.3 is 5.97 Å². The summed E-state index contributed by atoms with van der Waals surface area (Å²) in [4.78, 5) is 24.2. The zero-order valence-corrected chi connectivity index (χ0v) is 14.9. The number of H-pyrrole nitrogens is 1. The normalized spacial score (nSPS) is 22.1. The first kappa shape index (κ1) is 16.8. The van der Waals surface area contributed by atoms with E-state index in [0.717, 1.165) is 24.1 Å². The van der Waals surface area contributed by atoms with Gasteiger partial charge in [0, 0.05) is 30.9 Å². The van der Waals surface area contributed by atoms with Crippen molar-refractivity contribution in [2.45, 2.75) is 39.3 Å². The molecule has 2 aromatic rings. The minimum absolute atomic E-state index is 0.181. The van der Waals surface area contributed by atoms with Crippen molar-refractivity contribution in [3.63, 3.8) is 0 Å². The Morgan fingerprint density at radius 3 is 2.71 bits per heavy atom. The van der Waals surface area contributed by atoms with Crippen molar-refractivity contribution < 1.29 is 9.53 Å². The lowest BCUT2D eigenvalue weighted by atomic mass is 10.1. The SMILES string of the molecule is CCOC(=O)Cc1nc2ccc(N3C[C@@H](C)N(C)[C@@H](C)C3)cc2[nH]1. The van der Waals surface area contributed by atoms with Gasteiger partial charge in [-0.05, 0) is 46.0 Å². The highest BCUT2D eigenvalue weighted by molar-refractivity contribution is 5.81. The summed E-state index contributed by atoms with van der Waals surface area (Å²) in [7, 11) is 2.19. The first-order chi connectivity index (χ1) is 11.5. The van der Waals surface area contributed by atoms with Gasteiger partial charge < -0.3 is 14.6 Å². The van der Waals surface area contributed by atoms with E-state index in [4.69, 9.17) is 4.74 Å². The predicted octanol–water partition coefficient (Wildman–Crippen LogP) is 2.20. The first-order valence-corrected chi connectivity index (χ1v) is 8.59. The van der Waals surface area contributed by atoms with E-state index in [-0.39, 0.29) is 12.4 Å². The number of hydrogen-bond acceptors (Lipinski definition) is 5. The maximum atomic E-state index is 11.6. The lowest BCUT2D eigenvalue weighted by Crippen LogP contribution is -2.55. The van der Waals surface area contributed by atoms with E-state index < -0.39 is 0 Å². The minimum Gasteiger partial charge on any atom is -0.466 e. The largest absolute Gasteiger partial charge is 0.466 e. The summed E-state index contributed by atoms with van der Waals surface area (Å²) in [6, 6.07) is 7.30. The van der Waals surface area contributed by atoms with E-state index in [1.807, 2.05) is 6.07 Å². The Kier molecular flexibility index (Phi) is 4.76. The fourth-order valence-electron chi connectivity index (χ4n) is 3.29. The third kappa shape index (κ3) is 3.38. The van der Waals surface area contributed by atoms with Gasteiger partial charge in [-0.25, -0.2) is 4.98 Å². The summed E-state index contributed by atoms with van der Waals surface area (Å²) in [6.45, 7) is 8.74. The third-order valence-electron chi connectivity index (χ3n) is 4.86. The molecule has 1 aromatic heterocycles. The van der Waals surface area contributed by atoms with Crippen molar-refractivity contribution in [1.29, 1.82) is 0 Å². The number of piperazine rings is 1. The van der Waals surface area contributed by atoms with Crippen LogP contribution >= 0.6 is 0 Å². The van der Waals surface area contributed by atoms with Crippen LogP contribution < -0.4 is 4.90 Å². The number of fused-ring (bicyclic) bond motifs is 1. The van der Waals surface area contributed by atoms with Crippen molar-refractivity contribution in [1.82, 2.24) is 14.9 Å². The molecule has 0 bridgehead atoms. The minimum atomic E-state index is -0.251. The van der Waals surface area contributed by atoms with Crippen molar-refractivity contribution in [2.24, 2.45) is 0 Å². The van der Waals surface area contributed by atoms with Gasteiger partial charge in [-0.2, -0.15) is 0 Å². The molecular formula is C18H26N4O2. The number of anilines is 1. The molecule has 130 valence electrons. The maximum Gasteiger partial charge on any atom is 0.313 e. The van der Waals surface area contributed by atoms with Gasteiger partial charge in [0.2, 0.25) is 0 Å². The molecule has 1 saturated heterocycles. The van der Waals surface area contributed by atoms with Crippen LogP contribution in [0, 0.1) is 0 Å². The highest BCUT2D eigenvalue weighted by atomic mass is 16.5. The number of nitrogens with zero attached hydrogens (tertiary/aromatic N) is 3. The molecule has 2 atom stereocenters. The monoisotopic (exact) mass is 330 g/mol. The Labute approximate surface area is 142 Å². The Balaban J connectivity index is 1.80. The van der Waals surface area contributed by atoms with Crippen molar-refractivity contribution in [3.8, 4) is 0 Å². The summed E-state index contributed by atoms with van der Waals surface area (Å²) in [5, 5.41) is 0. The van der Waals surface area contributed by atoms with E-state index in [0.29, 0.717) is 24.5 Å². The topological polar surface area (TPSA) is 61.5 Å². The third-order valence-corrected chi connectivity index (χ3v) is 4.86. The molecule has 0 spiro atoms. The Morgan fingerprint density at radius 2 is 2.04 bits per heavy atom. The zero-order chi connectivity index (χ0) is 17.3. The average molecular weight is 330 g/mol. The number of carbonyl (C=O) groups is 1. The predicted molar refractivity (Wildman–Crippen MR) is 95.3 cm³/mol. The van der Waals surface area contributed by atoms with E-state index in [1.165, 1.54) is 5.69 Å². The number of nitrogens with one attached hydrogen (secondary N) is 1. The van der Waals surface area contributed by atoms with Gasteiger partial charge in [0.25, 0.3) is 0 Å². The van der Waals surface area contributed by atoms with Gasteiger partial charge in [-0.1, -0.05) is 0 Å². The Hall–Kier alpha value is -2.08.